The first-order chi connectivity index (χ1) is 9.40. The summed E-state index contributed by atoms with van der Waals surface area (Å²) in [5.74, 6) is -0.853. The Hall–Kier alpha value is -2.71. The maximum atomic E-state index is 12.1. The maximum absolute atomic E-state index is 12.1. The second-order valence-corrected chi connectivity index (χ2v) is 4.42. The van der Waals surface area contributed by atoms with E-state index in [-0.39, 0.29) is 29.2 Å². The number of hydrogen-bond donors (Lipinski definition) is 1. The minimum Gasteiger partial charge on any atom is -0.480 e. The van der Waals surface area contributed by atoms with Gasteiger partial charge in [0.05, 0.1) is 12.7 Å². The number of carboxylic acid groups (broad SMARTS) is 1. The third-order valence-electron chi connectivity index (χ3n) is 2.53. The summed E-state index contributed by atoms with van der Waals surface area (Å²) in [6, 6.07) is 0. The molecule has 2 aromatic rings. The fourth-order valence-electron chi connectivity index (χ4n) is 1.61. The average Bonchev–Trinajstić information content (AvgIpc) is 2.74. The Balaban J connectivity index is 2.63. The summed E-state index contributed by atoms with van der Waals surface area (Å²) in [7, 11) is 5.11. The number of hydrogen-bond acceptors (Lipinski definition) is 5. The zero-order chi connectivity index (χ0) is 14.9. The van der Waals surface area contributed by atoms with Crippen molar-refractivity contribution in [2.24, 2.45) is 12.0 Å². The maximum Gasteiger partial charge on any atom is 0.323 e. The van der Waals surface area contributed by atoms with Crippen molar-refractivity contribution in [3.8, 4) is 0 Å². The topological polar surface area (TPSA) is 106 Å². The Morgan fingerprint density at radius 1 is 1.55 bits per heavy atom. The van der Waals surface area contributed by atoms with Crippen LogP contribution in [0.25, 0.3) is 11.2 Å². The molecule has 2 aromatic heterocycles. The van der Waals surface area contributed by atoms with E-state index >= 15 is 0 Å². The molecular formula is C11H14N6O3. The molecule has 20 heavy (non-hydrogen) atoms. The molecule has 0 amide bonds. The molecule has 2 heterocycles. The van der Waals surface area contributed by atoms with Crippen molar-refractivity contribution in [1.82, 2.24) is 24.0 Å². The van der Waals surface area contributed by atoms with Crippen LogP contribution in [0.5, 0.6) is 0 Å². The Kier molecular flexibility index (Phi) is 3.51. The second kappa shape index (κ2) is 5.11. The quantitative estimate of drug-likeness (QED) is 0.593. The minimum atomic E-state index is -1.04. The van der Waals surface area contributed by atoms with E-state index in [2.05, 4.69) is 15.0 Å². The Morgan fingerprint density at radius 2 is 2.25 bits per heavy atom. The van der Waals surface area contributed by atoms with Gasteiger partial charge in [-0.15, -0.1) is 0 Å². The highest BCUT2D eigenvalue weighted by atomic mass is 16.4. The smallest absolute Gasteiger partial charge is 0.323 e. The molecule has 0 atom stereocenters. The molecule has 106 valence electrons. The summed E-state index contributed by atoms with van der Waals surface area (Å²) in [5, 5.41) is 8.82. The van der Waals surface area contributed by atoms with Crippen molar-refractivity contribution in [3.05, 3.63) is 16.7 Å². The standard InChI is InChI=1S/C11H14N6O3/c1-15(2)5-13-11-14-9-8(10(20)16(11)3)12-6-17(9)4-7(18)19/h5-6H,4H2,1-3H3,(H,18,19)/b13-5+. The van der Waals surface area contributed by atoms with Crippen molar-refractivity contribution >= 4 is 29.4 Å². The van der Waals surface area contributed by atoms with Crippen molar-refractivity contribution in [2.45, 2.75) is 6.54 Å². The molecule has 0 bridgehead atoms. The molecule has 0 aliphatic rings. The average molecular weight is 278 g/mol. The molecule has 0 aromatic carbocycles. The van der Waals surface area contributed by atoms with Crippen LogP contribution in [0.1, 0.15) is 0 Å². The minimum absolute atomic E-state index is 0.123. The molecular weight excluding hydrogens is 264 g/mol. The highest BCUT2D eigenvalue weighted by Crippen LogP contribution is 2.11. The molecule has 2 rings (SSSR count). The van der Waals surface area contributed by atoms with Crippen molar-refractivity contribution in [1.29, 1.82) is 0 Å². The van der Waals surface area contributed by atoms with Crippen LogP contribution >= 0.6 is 0 Å². The van der Waals surface area contributed by atoms with Gasteiger partial charge in [-0.25, -0.2) is 9.98 Å². The zero-order valence-corrected chi connectivity index (χ0v) is 11.3. The van der Waals surface area contributed by atoms with Crippen LogP contribution in [0.3, 0.4) is 0 Å². The summed E-state index contributed by atoms with van der Waals surface area (Å²) in [6.07, 6.45) is 2.79. The van der Waals surface area contributed by atoms with Crippen LogP contribution in [-0.4, -0.2) is 55.5 Å². The molecule has 0 spiro atoms. The van der Waals surface area contributed by atoms with Gasteiger partial charge in [0, 0.05) is 21.1 Å². The number of aromatic nitrogens is 4. The number of carbonyl (C=O) groups is 1. The van der Waals surface area contributed by atoms with Gasteiger partial charge in [0.1, 0.15) is 6.54 Å². The highest BCUT2D eigenvalue weighted by molar-refractivity contribution is 5.74. The molecule has 0 saturated heterocycles. The summed E-state index contributed by atoms with van der Waals surface area (Å²) in [4.78, 5) is 36.8. The number of aliphatic imine (C=N–C) groups is 1. The summed E-state index contributed by atoms with van der Waals surface area (Å²) < 4.78 is 2.56. The SMILES string of the molecule is CN(C)/C=N/c1nc2c(ncn2CC(=O)O)c(=O)n1C. The van der Waals surface area contributed by atoms with Crippen molar-refractivity contribution in [3.63, 3.8) is 0 Å². The lowest BCUT2D eigenvalue weighted by Gasteiger charge is -2.06. The molecule has 0 radical (unpaired) electrons. The third kappa shape index (κ3) is 2.51. The van der Waals surface area contributed by atoms with E-state index in [4.69, 9.17) is 5.11 Å². The third-order valence-corrected chi connectivity index (χ3v) is 2.53. The van der Waals surface area contributed by atoms with Crippen molar-refractivity contribution in [2.75, 3.05) is 14.1 Å². The van der Waals surface area contributed by atoms with Gasteiger partial charge in [0.25, 0.3) is 5.56 Å². The van der Waals surface area contributed by atoms with Gasteiger partial charge in [-0.05, 0) is 0 Å². The molecule has 9 heteroatoms. The predicted octanol–water partition coefficient (Wildman–Crippen LogP) is -0.564. The first-order valence-electron chi connectivity index (χ1n) is 5.74. The van der Waals surface area contributed by atoms with E-state index in [1.54, 1.807) is 19.0 Å². The molecule has 1 N–H and O–H groups in total. The van der Waals surface area contributed by atoms with Crippen molar-refractivity contribution < 1.29 is 9.90 Å². The van der Waals surface area contributed by atoms with E-state index in [1.165, 1.54) is 28.8 Å². The van der Waals surface area contributed by atoms with Crippen LogP contribution < -0.4 is 5.56 Å². The van der Waals surface area contributed by atoms with E-state index in [9.17, 15) is 9.59 Å². The molecule has 0 unspecified atom stereocenters. The normalized spacial score (nSPS) is 11.3. The van der Waals surface area contributed by atoms with Gasteiger partial charge in [0.15, 0.2) is 11.2 Å². The van der Waals surface area contributed by atoms with Gasteiger partial charge in [-0.3, -0.25) is 14.2 Å². The van der Waals surface area contributed by atoms with Crippen LogP contribution in [0, 0.1) is 0 Å². The molecule has 0 fully saturated rings. The number of imidazole rings is 1. The molecule has 0 aliphatic heterocycles. The summed E-state index contributed by atoms with van der Waals surface area (Å²) in [5.41, 5.74) is -0.0380. The number of carboxylic acids is 1. The van der Waals surface area contributed by atoms with Crippen LogP contribution in [-0.2, 0) is 18.4 Å². The van der Waals surface area contributed by atoms with Gasteiger partial charge < -0.3 is 14.6 Å². The lowest BCUT2D eigenvalue weighted by atomic mass is 10.5. The fourth-order valence-corrected chi connectivity index (χ4v) is 1.61. The Labute approximate surface area is 113 Å². The van der Waals surface area contributed by atoms with Gasteiger partial charge in [0.2, 0.25) is 5.95 Å². The highest BCUT2D eigenvalue weighted by Gasteiger charge is 2.14. The lowest BCUT2D eigenvalue weighted by Crippen LogP contribution is -2.19. The van der Waals surface area contributed by atoms with E-state index in [1.807, 2.05) is 0 Å². The number of fused-ring (bicyclic) bond motifs is 1. The molecule has 0 aliphatic carbocycles. The molecule has 9 nitrogen and oxygen atoms in total. The first-order valence-corrected chi connectivity index (χ1v) is 5.74. The molecule has 0 saturated carbocycles. The van der Waals surface area contributed by atoms with E-state index in [0.29, 0.717) is 0 Å². The monoisotopic (exact) mass is 278 g/mol. The largest absolute Gasteiger partial charge is 0.480 e. The van der Waals surface area contributed by atoms with Crippen LogP contribution in [0.15, 0.2) is 16.1 Å². The second-order valence-electron chi connectivity index (χ2n) is 4.42. The lowest BCUT2D eigenvalue weighted by molar-refractivity contribution is -0.137. The summed E-state index contributed by atoms with van der Waals surface area (Å²) in [6.45, 7) is -0.312. The van der Waals surface area contributed by atoms with Gasteiger partial charge in [-0.1, -0.05) is 0 Å². The fraction of sp³-hybridized carbons (Fsp3) is 0.364. The van der Waals surface area contributed by atoms with E-state index in [0.717, 1.165) is 0 Å². The van der Waals surface area contributed by atoms with Crippen LogP contribution in [0.2, 0.25) is 0 Å². The zero-order valence-electron chi connectivity index (χ0n) is 11.3. The number of aliphatic carboxylic acids is 1. The summed E-state index contributed by atoms with van der Waals surface area (Å²) >= 11 is 0. The van der Waals surface area contributed by atoms with Gasteiger partial charge >= 0.3 is 5.97 Å². The predicted molar refractivity (Wildman–Crippen MR) is 72.2 cm³/mol. The number of rotatable bonds is 4. The van der Waals surface area contributed by atoms with Gasteiger partial charge in [-0.2, -0.15) is 4.98 Å². The Bertz CT molecular complexity index is 742. The van der Waals surface area contributed by atoms with Crippen LogP contribution in [0.4, 0.5) is 5.95 Å². The first kappa shape index (κ1) is 13.7. The van der Waals surface area contributed by atoms with E-state index < -0.39 is 5.97 Å². The number of nitrogens with zero attached hydrogens (tertiary/aromatic N) is 6. The Morgan fingerprint density at radius 3 is 2.85 bits per heavy atom.